The van der Waals surface area contributed by atoms with Crippen LogP contribution < -0.4 is 4.90 Å². The minimum Gasteiger partial charge on any atom is -0.465 e. The zero-order valence-electron chi connectivity index (χ0n) is 24.4. The van der Waals surface area contributed by atoms with Crippen LogP contribution in [0.5, 0.6) is 0 Å². The number of aliphatic hydroxyl groups excluding tert-OH is 1. The van der Waals surface area contributed by atoms with E-state index in [1.54, 1.807) is 33.7 Å². The lowest BCUT2D eigenvalue weighted by Gasteiger charge is -2.40. The van der Waals surface area contributed by atoms with Crippen molar-refractivity contribution in [2.45, 2.75) is 61.6 Å². The van der Waals surface area contributed by atoms with Gasteiger partial charge >= 0.3 is 5.97 Å². The molecule has 0 aliphatic carbocycles. The number of benzene rings is 2. The van der Waals surface area contributed by atoms with Crippen LogP contribution in [-0.2, 0) is 25.5 Å². The van der Waals surface area contributed by atoms with E-state index in [0.29, 0.717) is 19.3 Å². The van der Waals surface area contributed by atoms with Crippen LogP contribution in [-0.4, -0.2) is 69.6 Å². The van der Waals surface area contributed by atoms with E-state index in [2.05, 4.69) is 13.2 Å². The standard InChI is InChI=1S/C34H40N2O5S/c1-5-7-19-41-33(40)27-26-16-17-34(42-26)28(27)31(38)36(25(21-37)20-24-14-9-8-10-15-24)30(34)32(39)35(18-6-2)29-22(3)12-11-13-23(29)4/h5-6,8-15,25-28,30,37H,1-2,7,16-21H2,3-4H3/t25-,26-,27+,28+,30?,34?/m1/s1. The molecule has 1 spiro atoms. The molecule has 2 bridgehead atoms. The smallest absolute Gasteiger partial charge is 0.310 e. The van der Waals surface area contributed by atoms with Gasteiger partial charge in [0.25, 0.3) is 5.91 Å². The van der Waals surface area contributed by atoms with Crippen molar-refractivity contribution in [1.29, 1.82) is 0 Å². The van der Waals surface area contributed by atoms with E-state index in [9.17, 15) is 19.5 Å². The molecule has 3 saturated heterocycles. The maximum atomic E-state index is 14.9. The maximum Gasteiger partial charge on any atom is 0.310 e. The Morgan fingerprint density at radius 2 is 1.86 bits per heavy atom. The summed E-state index contributed by atoms with van der Waals surface area (Å²) in [4.78, 5) is 46.3. The molecule has 3 heterocycles. The number of ether oxygens (including phenoxy) is 1. The number of thioether (sulfide) groups is 1. The van der Waals surface area contributed by atoms with Crippen LogP contribution in [0.3, 0.4) is 0 Å². The Hall–Kier alpha value is -3.36. The normalized spacial score (nSPS) is 26.5. The Bertz CT molecular complexity index is 1340. The second-order valence-corrected chi connectivity index (χ2v) is 13.2. The van der Waals surface area contributed by atoms with Crippen LogP contribution in [0.2, 0.25) is 0 Å². The van der Waals surface area contributed by atoms with Gasteiger partial charge in [-0.2, -0.15) is 0 Å². The number of anilines is 1. The van der Waals surface area contributed by atoms with E-state index in [0.717, 1.165) is 28.8 Å². The summed E-state index contributed by atoms with van der Waals surface area (Å²) in [7, 11) is 0. The molecule has 222 valence electrons. The second-order valence-electron chi connectivity index (χ2n) is 11.6. The van der Waals surface area contributed by atoms with Gasteiger partial charge in [0.15, 0.2) is 0 Å². The van der Waals surface area contributed by atoms with Crippen LogP contribution >= 0.6 is 11.8 Å². The van der Waals surface area contributed by atoms with Gasteiger partial charge in [0.1, 0.15) is 6.04 Å². The summed E-state index contributed by atoms with van der Waals surface area (Å²) in [6, 6.07) is 14.1. The second kappa shape index (κ2) is 12.5. The number of hydrogen-bond acceptors (Lipinski definition) is 6. The number of carbonyl (C=O) groups excluding carboxylic acids is 3. The molecule has 42 heavy (non-hydrogen) atoms. The highest BCUT2D eigenvalue weighted by atomic mass is 32.2. The van der Waals surface area contributed by atoms with Crippen molar-refractivity contribution in [3.8, 4) is 0 Å². The number of esters is 1. The van der Waals surface area contributed by atoms with Crippen molar-refractivity contribution in [3.63, 3.8) is 0 Å². The van der Waals surface area contributed by atoms with E-state index in [1.807, 2.05) is 62.4 Å². The van der Waals surface area contributed by atoms with Crippen LogP contribution in [0.25, 0.3) is 0 Å². The molecule has 2 amide bonds. The zero-order chi connectivity index (χ0) is 30.0. The zero-order valence-corrected chi connectivity index (χ0v) is 25.2. The fourth-order valence-electron chi connectivity index (χ4n) is 7.31. The highest BCUT2D eigenvalue weighted by molar-refractivity contribution is 8.02. The first kappa shape index (κ1) is 30.1. The van der Waals surface area contributed by atoms with Crippen LogP contribution in [0.15, 0.2) is 73.8 Å². The van der Waals surface area contributed by atoms with Crippen molar-refractivity contribution >= 4 is 35.2 Å². The first-order valence-corrected chi connectivity index (χ1v) is 15.6. The van der Waals surface area contributed by atoms with Crippen molar-refractivity contribution in [3.05, 3.63) is 90.5 Å². The number of aryl methyl sites for hydroxylation is 2. The van der Waals surface area contributed by atoms with Gasteiger partial charge in [-0.15, -0.1) is 24.9 Å². The molecule has 3 aliphatic rings. The minimum absolute atomic E-state index is 0.0950. The third-order valence-corrected chi connectivity index (χ3v) is 11.0. The molecule has 0 aromatic heterocycles. The molecule has 2 aromatic rings. The molecule has 2 aromatic carbocycles. The van der Waals surface area contributed by atoms with Crippen molar-refractivity contribution in [2.24, 2.45) is 11.8 Å². The molecule has 8 heteroatoms. The summed E-state index contributed by atoms with van der Waals surface area (Å²) in [6.07, 6.45) is 5.68. The lowest BCUT2D eigenvalue weighted by Crippen LogP contribution is -2.58. The monoisotopic (exact) mass is 588 g/mol. The first-order valence-electron chi connectivity index (χ1n) is 14.7. The summed E-state index contributed by atoms with van der Waals surface area (Å²) in [6.45, 7) is 11.8. The largest absolute Gasteiger partial charge is 0.465 e. The number of amides is 2. The van der Waals surface area contributed by atoms with Gasteiger partial charge in [-0.05, 0) is 56.2 Å². The predicted octanol–water partition coefficient (Wildman–Crippen LogP) is 4.64. The van der Waals surface area contributed by atoms with Gasteiger partial charge in [0.05, 0.1) is 35.8 Å². The molecular formula is C34H40N2O5S. The Balaban J connectivity index is 1.60. The minimum atomic E-state index is -0.851. The third kappa shape index (κ3) is 5.09. The number of aliphatic hydroxyl groups is 1. The summed E-state index contributed by atoms with van der Waals surface area (Å²) < 4.78 is 4.83. The maximum absolute atomic E-state index is 14.9. The Labute approximate surface area is 252 Å². The molecule has 2 unspecified atom stereocenters. The van der Waals surface area contributed by atoms with E-state index >= 15 is 0 Å². The molecule has 5 rings (SSSR count). The topological polar surface area (TPSA) is 87.1 Å². The van der Waals surface area contributed by atoms with Gasteiger partial charge in [0.2, 0.25) is 5.91 Å². The van der Waals surface area contributed by atoms with Gasteiger partial charge in [-0.3, -0.25) is 14.4 Å². The summed E-state index contributed by atoms with van der Waals surface area (Å²) in [5.74, 6) is -2.17. The van der Waals surface area contributed by atoms with E-state index < -0.39 is 28.7 Å². The first-order chi connectivity index (χ1) is 20.3. The van der Waals surface area contributed by atoms with Gasteiger partial charge in [-0.1, -0.05) is 60.7 Å². The van der Waals surface area contributed by atoms with Crippen molar-refractivity contribution in [2.75, 3.05) is 24.7 Å². The quantitative estimate of drug-likeness (QED) is 0.221. The molecular weight excluding hydrogens is 548 g/mol. The van der Waals surface area contributed by atoms with E-state index in [1.165, 1.54) is 0 Å². The van der Waals surface area contributed by atoms with Crippen LogP contribution in [0.4, 0.5) is 5.69 Å². The Kier molecular flexibility index (Phi) is 8.94. The average molecular weight is 589 g/mol. The molecule has 3 aliphatic heterocycles. The van der Waals surface area contributed by atoms with Gasteiger partial charge < -0.3 is 19.6 Å². The molecule has 0 radical (unpaired) electrons. The third-order valence-electron chi connectivity index (χ3n) is 9.02. The predicted molar refractivity (Wildman–Crippen MR) is 166 cm³/mol. The van der Waals surface area contributed by atoms with Crippen LogP contribution in [0, 0.1) is 25.7 Å². The number of hydrogen-bond donors (Lipinski definition) is 1. The Morgan fingerprint density at radius 1 is 1.14 bits per heavy atom. The fourth-order valence-corrected chi connectivity index (χ4v) is 9.49. The van der Waals surface area contributed by atoms with Crippen LogP contribution in [0.1, 0.15) is 36.0 Å². The number of para-hydroxylation sites is 1. The van der Waals surface area contributed by atoms with Crippen molar-refractivity contribution in [1.82, 2.24) is 4.90 Å². The molecule has 7 nitrogen and oxygen atoms in total. The number of nitrogens with zero attached hydrogens (tertiary/aromatic N) is 2. The number of likely N-dealkylation sites (tertiary alicyclic amines) is 1. The summed E-state index contributed by atoms with van der Waals surface area (Å²) >= 11 is 1.60. The molecule has 3 fully saturated rings. The Morgan fingerprint density at radius 3 is 2.50 bits per heavy atom. The SMILES string of the molecule is C=CCCOC(=O)[C@@H]1[C@H]2C(=O)N([C@@H](CO)Cc3ccccc3)C(C(=O)N(CC=C)c3c(C)cccc3C)C23CC[C@H]1S3. The lowest BCUT2D eigenvalue weighted by molar-refractivity contribution is -0.154. The summed E-state index contributed by atoms with van der Waals surface area (Å²) in [5.41, 5.74) is 3.66. The highest BCUT2D eigenvalue weighted by Gasteiger charge is 2.74. The molecule has 0 saturated carbocycles. The fraction of sp³-hybridized carbons (Fsp3) is 0.441. The lowest BCUT2D eigenvalue weighted by atomic mass is 9.71. The van der Waals surface area contributed by atoms with Gasteiger partial charge in [-0.25, -0.2) is 0 Å². The molecule has 1 N–H and O–H groups in total. The summed E-state index contributed by atoms with van der Waals surface area (Å²) in [5, 5.41) is 10.6. The highest BCUT2D eigenvalue weighted by Crippen LogP contribution is 2.67. The number of rotatable bonds is 12. The van der Waals surface area contributed by atoms with E-state index in [-0.39, 0.29) is 42.8 Å². The molecule has 6 atom stereocenters. The van der Waals surface area contributed by atoms with Crippen molar-refractivity contribution < 1.29 is 24.2 Å². The number of carbonyl (C=O) groups is 3. The van der Waals surface area contributed by atoms with E-state index in [4.69, 9.17) is 4.74 Å². The average Bonchev–Trinajstić information content (AvgIpc) is 3.63. The number of fused-ring (bicyclic) bond motifs is 1. The van der Waals surface area contributed by atoms with Gasteiger partial charge in [0, 0.05) is 17.5 Å².